The first kappa shape index (κ1) is 24.2. The van der Waals surface area contributed by atoms with E-state index in [2.05, 4.69) is 18.9 Å². The minimum Gasteiger partial charge on any atom is -0.480 e. The second-order valence-electron chi connectivity index (χ2n) is 8.07. The van der Waals surface area contributed by atoms with Crippen molar-refractivity contribution >= 4 is 24.9 Å². The van der Waals surface area contributed by atoms with Gasteiger partial charge in [0.05, 0.1) is 24.9 Å². The van der Waals surface area contributed by atoms with Crippen LogP contribution in [0.15, 0.2) is 12.2 Å². The first-order valence-corrected chi connectivity index (χ1v) is 11.3. The monoisotopic (exact) mass is 434 g/mol. The van der Waals surface area contributed by atoms with Crippen LogP contribution in [-0.2, 0) is 18.6 Å². The average molecular weight is 434 g/mol. The molecule has 0 saturated heterocycles. The van der Waals surface area contributed by atoms with Gasteiger partial charge in [-0.15, -0.1) is 0 Å². The van der Waals surface area contributed by atoms with Crippen LogP contribution < -0.4 is 0 Å². The van der Waals surface area contributed by atoms with Crippen LogP contribution in [0, 0.1) is 17.8 Å². The summed E-state index contributed by atoms with van der Waals surface area (Å²) in [5, 5.41) is 19.1. The van der Waals surface area contributed by atoms with Gasteiger partial charge in [-0.3, -0.25) is 0 Å². The predicted molar refractivity (Wildman–Crippen MR) is 115 cm³/mol. The van der Waals surface area contributed by atoms with Gasteiger partial charge in [0.1, 0.15) is 6.61 Å². The van der Waals surface area contributed by atoms with Crippen LogP contribution in [0.3, 0.4) is 0 Å². The van der Waals surface area contributed by atoms with Gasteiger partial charge in [-0.2, -0.15) is 0 Å². The molecule has 0 aromatic heterocycles. The van der Waals surface area contributed by atoms with E-state index >= 15 is 0 Å². The third kappa shape index (κ3) is 7.63. The lowest BCUT2D eigenvalue weighted by Crippen LogP contribution is -2.27. The number of carboxylic acid groups (broad SMARTS) is 1. The number of aliphatic carboxylic acids is 1. The van der Waals surface area contributed by atoms with Gasteiger partial charge in [0.15, 0.2) is 0 Å². The fourth-order valence-corrected chi connectivity index (χ4v) is 5.52. The van der Waals surface area contributed by atoms with Gasteiger partial charge < -0.3 is 24.0 Å². The molecule has 2 N–H and O–H groups in total. The maximum Gasteiger partial charge on any atom is 0.329 e. The Morgan fingerprint density at radius 2 is 1.89 bits per heavy atom. The standard InChI is InChI=1S/C20H36O6P2/c21-17-12-19(26-28)16(15(17)8-4-5-11-24-13-20(22)23)9-10-18(25-27)14-6-2-1-3-7-14/h4-5,14-19,21H,1-3,6-13,27-28H2,(H,22,23)/t15-,16-,17?,18?,19?/m1/s1. The van der Waals surface area contributed by atoms with Gasteiger partial charge in [-0.05, 0) is 49.9 Å². The SMILES string of the molecule is O=C(O)COCC=CC[C@H]1C(O)CC(OP)[C@@H]1CCC(OP)C1CCCCC1. The highest BCUT2D eigenvalue weighted by molar-refractivity contribution is 7.10. The summed E-state index contributed by atoms with van der Waals surface area (Å²) in [6.45, 7) is -0.0203. The number of ether oxygens (including phenoxy) is 1. The van der Waals surface area contributed by atoms with E-state index in [1.165, 1.54) is 32.1 Å². The Hall–Kier alpha value is -0.0900. The smallest absolute Gasteiger partial charge is 0.329 e. The fourth-order valence-electron chi connectivity index (χ4n) is 4.85. The summed E-state index contributed by atoms with van der Waals surface area (Å²) in [7, 11) is 4.81. The molecule has 0 heterocycles. The van der Waals surface area contributed by atoms with Crippen molar-refractivity contribution in [1.29, 1.82) is 0 Å². The van der Waals surface area contributed by atoms with E-state index in [1.807, 2.05) is 12.2 Å². The molecule has 2 aliphatic rings. The fraction of sp³-hybridized carbons (Fsp3) is 0.850. The van der Waals surface area contributed by atoms with Crippen molar-refractivity contribution in [1.82, 2.24) is 0 Å². The zero-order valence-corrected chi connectivity index (χ0v) is 18.9. The van der Waals surface area contributed by atoms with E-state index in [9.17, 15) is 9.90 Å². The van der Waals surface area contributed by atoms with Crippen LogP contribution in [0.25, 0.3) is 0 Å². The second-order valence-corrected chi connectivity index (χ2v) is 8.62. The van der Waals surface area contributed by atoms with Gasteiger partial charge in [0.25, 0.3) is 0 Å². The van der Waals surface area contributed by atoms with Crippen molar-refractivity contribution in [2.75, 3.05) is 13.2 Å². The van der Waals surface area contributed by atoms with Gasteiger partial charge in [0.2, 0.25) is 0 Å². The third-order valence-electron chi connectivity index (χ3n) is 6.32. The predicted octanol–water partition coefficient (Wildman–Crippen LogP) is 3.74. The van der Waals surface area contributed by atoms with Crippen molar-refractivity contribution in [2.45, 2.75) is 76.1 Å². The maximum atomic E-state index is 10.5. The number of aliphatic hydroxyl groups is 1. The van der Waals surface area contributed by atoms with E-state index in [4.69, 9.17) is 18.9 Å². The zero-order valence-electron chi connectivity index (χ0n) is 16.6. The molecule has 0 spiro atoms. The highest BCUT2D eigenvalue weighted by Crippen LogP contribution is 2.42. The summed E-state index contributed by atoms with van der Waals surface area (Å²) in [5.74, 6) is 0.0859. The lowest BCUT2D eigenvalue weighted by molar-refractivity contribution is -0.141. The molecule has 8 heteroatoms. The highest BCUT2D eigenvalue weighted by Gasteiger charge is 2.42. The summed E-state index contributed by atoms with van der Waals surface area (Å²) in [6, 6.07) is 0. The molecular weight excluding hydrogens is 398 g/mol. The van der Waals surface area contributed by atoms with Crippen LogP contribution in [0.2, 0.25) is 0 Å². The number of carboxylic acids is 1. The minimum absolute atomic E-state index is 0.0400. The zero-order chi connectivity index (χ0) is 20.4. The summed E-state index contributed by atoms with van der Waals surface area (Å²) in [5.41, 5.74) is 0. The van der Waals surface area contributed by atoms with Crippen molar-refractivity contribution in [2.24, 2.45) is 17.8 Å². The minimum atomic E-state index is -0.969. The van der Waals surface area contributed by atoms with Crippen LogP contribution in [0.1, 0.15) is 57.8 Å². The Morgan fingerprint density at radius 3 is 2.54 bits per heavy atom. The van der Waals surface area contributed by atoms with E-state index in [-0.39, 0.29) is 43.4 Å². The number of aliphatic hydroxyl groups excluding tert-OH is 1. The number of rotatable bonds is 12. The molecule has 2 saturated carbocycles. The lowest BCUT2D eigenvalue weighted by atomic mass is 9.80. The summed E-state index contributed by atoms with van der Waals surface area (Å²) >= 11 is 0. The number of hydrogen-bond donors (Lipinski definition) is 2. The molecule has 7 atom stereocenters. The Kier molecular flexibility index (Phi) is 11.5. The molecule has 0 aliphatic heterocycles. The Bertz CT molecular complexity index is 483. The van der Waals surface area contributed by atoms with E-state index in [1.54, 1.807) is 0 Å². The van der Waals surface area contributed by atoms with Crippen LogP contribution >= 0.6 is 18.9 Å². The third-order valence-corrected chi connectivity index (χ3v) is 7.02. The molecule has 0 aromatic rings. The molecule has 2 rings (SSSR count). The number of carbonyl (C=O) groups is 1. The van der Waals surface area contributed by atoms with Crippen molar-refractivity contribution in [3.8, 4) is 0 Å². The largest absolute Gasteiger partial charge is 0.480 e. The van der Waals surface area contributed by atoms with E-state index in [0.717, 1.165) is 19.3 Å². The quantitative estimate of drug-likeness (QED) is 0.277. The first-order valence-electron chi connectivity index (χ1n) is 10.4. The molecule has 162 valence electrons. The molecule has 6 nitrogen and oxygen atoms in total. The normalized spacial score (nSPS) is 30.1. The Labute approximate surface area is 173 Å². The topological polar surface area (TPSA) is 85.2 Å². The summed E-state index contributed by atoms with van der Waals surface area (Å²) in [4.78, 5) is 10.5. The number of hydrogen-bond acceptors (Lipinski definition) is 5. The second kappa shape index (κ2) is 13.3. The van der Waals surface area contributed by atoms with Crippen molar-refractivity contribution in [3.05, 3.63) is 12.2 Å². The molecule has 0 aromatic carbocycles. The van der Waals surface area contributed by atoms with Gasteiger partial charge >= 0.3 is 5.97 Å². The molecule has 5 unspecified atom stereocenters. The average Bonchev–Trinajstić information content (AvgIpc) is 3.00. The molecule has 0 radical (unpaired) electrons. The molecule has 28 heavy (non-hydrogen) atoms. The first-order chi connectivity index (χ1) is 13.6. The summed E-state index contributed by atoms with van der Waals surface area (Å²) in [6.07, 6.45) is 13.5. The van der Waals surface area contributed by atoms with E-state index < -0.39 is 5.97 Å². The van der Waals surface area contributed by atoms with Gasteiger partial charge in [-0.1, -0.05) is 31.4 Å². The van der Waals surface area contributed by atoms with Crippen LogP contribution in [0.4, 0.5) is 0 Å². The molecule has 0 bridgehead atoms. The maximum absolute atomic E-state index is 10.5. The van der Waals surface area contributed by atoms with Crippen LogP contribution in [0.5, 0.6) is 0 Å². The molecular formula is C20H36O6P2. The Morgan fingerprint density at radius 1 is 1.14 bits per heavy atom. The van der Waals surface area contributed by atoms with Gasteiger partial charge in [0, 0.05) is 25.4 Å². The van der Waals surface area contributed by atoms with Crippen molar-refractivity contribution in [3.63, 3.8) is 0 Å². The Balaban J connectivity index is 1.86. The molecule has 2 aliphatic carbocycles. The van der Waals surface area contributed by atoms with Crippen molar-refractivity contribution < 1.29 is 28.8 Å². The number of allylic oxidation sites excluding steroid dienone is 1. The molecule has 2 fully saturated rings. The van der Waals surface area contributed by atoms with Gasteiger partial charge in [-0.25, -0.2) is 4.79 Å². The molecule has 0 amide bonds. The summed E-state index contributed by atoms with van der Waals surface area (Å²) < 4.78 is 16.4. The van der Waals surface area contributed by atoms with Crippen LogP contribution in [-0.4, -0.2) is 47.7 Å². The van der Waals surface area contributed by atoms with E-state index in [0.29, 0.717) is 12.3 Å². The lowest BCUT2D eigenvalue weighted by Gasteiger charge is -2.31. The highest BCUT2D eigenvalue weighted by atomic mass is 31.0.